The number of pyridine rings is 1. The standard InChI is InChI=1S/C21H22ClN5O3/c1-13-7-19(26-21(29)30)25-14(2)18(13)10-23-20(28)17-9-24-27(12-17)11-16-5-3-15(8-22)4-6-16/h3-7,9,12H,8,10-11H2,1-2H3,(H,23,28)(H,25,26)(H,29,30). The molecule has 3 rings (SSSR count). The number of anilines is 1. The Morgan fingerprint density at radius 1 is 1.17 bits per heavy atom. The molecule has 9 heteroatoms. The van der Waals surface area contributed by atoms with Crippen molar-refractivity contribution in [2.45, 2.75) is 32.8 Å². The van der Waals surface area contributed by atoms with E-state index < -0.39 is 6.09 Å². The number of benzene rings is 1. The molecule has 0 saturated heterocycles. The quantitative estimate of drug-likeness (QED) is 0.498. The molecule has 2 amide bonds. The highest BCUT2D eigenvalue weighted by atomic mass is 35.5. The van der Waals surface area contributed by atoms with Gasteiger partial charge < -0.3 is 10.4 Å². The molecular weight excluding hydrogens is 406 g/mol. The summed E-state index contributed by atoms with van der Waals surface area (Å²) in [5, 5.41) is 18.2. The van der Waals surface area contributed by atoms with Crippen molar-refractivity contribution in [2.75, 3.05) is 5.32 Å². The Kier molecular flexibility index (Phi) is 6.68. The van der Waals surface area contributed by atoms with Crippen LogP contribution < -0.4 is 10.6 Å². The molecule has 0 spiro atoms. The highest BCUT2D eigenvalue weighted by Crippen LogP contribution is 2.17. The van der Waals surface area contributed by atoms with Gasteiger partial charge in [0, 0.05) is 24.3 Å². The Labute approximate surface area is 178 Å². The van der Waals surface area contributed by atoms with Crippen molar-refractivity contribution >= 4 is 29.4 Å². The number of carboxylic acid groups (broad SMARTS) is 1. The minimum Gasteiger partial charge on any atom is -0.465 e. The van der Waals surface area contributed by atoms with Crippen LogP contribution in [-0.2, 0) is 19.0 Å². The van der Waals surface area contributed by atoms with Crippen molar-refractivity contribution < 1.29 is 14.7 Å². The van der Waals surface area contributed by atoms with E-state index in [2.05, 4.69) is 20.7 Å². The number of amides is 2. The van der Waals surface area contributed by atoms with Gasteiger partial charge in [0.1, 0.15) is 5.82 Å². The van der Waals surface area contributed by atoms with E-state index in [0.29, 0.717) is 23.7 Å². The molecule has 3 aromatic rings. The van der Waals surface area contributed by atoms with Gasteiger partial charge in [0.25, 0.3) is 5.91 Å². The minimum atomic E-state index is -1.17. The van der Waals surface area contributed by atoms with Crippen LogP contribution >= 0.6 is 11.6 Å². The number of alkyl halides is 1. The minimum absolute atomic E-state index is 0.245. The van der Waals surface area contributed by atoms with Crippen LogP contribution in [0.1, 0.15) is 38.3 Å². The Hall–Kier alpha value is -3.39. The third-order valence-corrected chi connectivity index (χ3v) is 4.94. The van der Waals surface area contributed by atoms with E-state index in [1.54, 1.807) is 23.9 Å². The van der Waals surface area contributed by atoms with E-state index in [1.165, 1.54) is 6.20 Å². The van der Waals surface area contributed by atoms with E-state index in [4.69, 9.17) is 16.7 Å². The maximum Gasteiger partial charge on any atom is 0.410 e. The van der Waals surface area contributed by atoms with Crippen molar-refractivity contribution in [1.29, 1.82) is 0 Å². The van der Waals surface area contributed by atoms with Crippen LogP contribution in [0.5, 0.6) is 0 Å². The van der Waals surface area contributed by atoms with Crippen LogP contribution in [0.25, 0.3) is 0 Å². The van der Waals surface area contributed by atoms with Crippen LogP contribution in [-0.4, -0.2) is 31.9 Å². The highest BCUT2D eigenvalue weighted by Gasteiger charge is 2.12. The molecular formula is C21H22ClN5O3. The predicted octanol–water partition coefficient (Wildman–Crippen LogP) is 3.70. The highest BCUT2D eigenvalue weighted by molar-refractivity contribution is 6.17. The largest absolute Gasteiger partial charge is 0.465 e. The molecule has 8 nitrogen and oxygen atoms in total. The summed E-state index contributed by atoms with van der Waals surface area (Å²) in [5.41, 5.74) is 4.89. The fourth-order valence-corrected chi connectivity index (χ4v) is 3.24. The first-order valence-corrected chi connectivity index (χ1v) is 9.80. The summed E-state index contributed by atoms with van der Waals surface area (Å²) in [6.45, 7) is 4.45. The number of carbonyl (C=O) groups excluding carboxylic acids is 1. The zero-order chi connectivity index (χ0) is 21.7. The van der Waals surface area contributed by atoms with Crippen molar-refractivity contribution in [3.8, 4) is 0 Å². The van der Waals surface area contributed by atoms with Gasteiger partial charge in [-0.05, 0) is 42.2 Å². The molecule has 0 saturated carbocycles. The van der Waals surface area contributed by atoms with Gasteiger partial charge in [-0.1, -0.05) is 24.3 Å². The number of rotatable bonds is 7. The fourth-order valence-electron chi connectivity index (χ4n) is 3.06. The van der Waals surface area contributed by atoms with Gasteiger partial charge in [-0.2, -0.15) is 5.10 Å². The Morgan fingerprint density at radius 2 is 1.87 bits per heavy atom. The maximum absolute atomic E-state index is 12.5. The van der Waals surface area contributed by atoms with Crippen molar-refractivity contribution in [2.24, 2.45) is 0 Å². The van der Waals surface area contributed by atoms with Crippen LogP contribution in [0.3, 0.4) is 0 Å². The number of hydrogen-bond donors (Lipinski definition) is 3. The molecule has 2 aromatic heterocycles. The zero-order valence-corrected chi connectivity index (χ0v) is 17.4. The number of hydrogen-bond acceptors (Lipinski definition) is 4. The first kappa shape index (κ1) is 21.3. The lowest BCUT2D eigenvalue weighted by Gasteiger charge is -2.12. The Morgan fingerprint density at radius 3 is 2.50 bits per heavy atom. The van der Waals surface area contributed by atoms with Crippen molar-refractivity contribution in [3.05, 3.63) is 76.2 Å². The number of aryl methyl sites for hydroxylation is 2. The normalized spacial score (nSPS) is 10.6. The fraction of sp³-hybridized carbons (Fsp3) is 0.238. The second-order valence-electron chi connectivity index (χ2n) is 6.88. The molecule has 0 bridgehead atoms. The first-order chi connectivity index (χ1) is 14.4. The SMILES string of the molecule is Cc1cc(NC(=O)O)nc(C)c1CNC(=O)c1cnn(Cc2ccc(CCl)cc2)c1. The summed E-state index contributed by atoms with van der Waals surface area (Å²) >= 11 is 5.81. The van der Waals surface area contributed by atoms with E-state index in [1.807, 2.05) is 31.2 Å². The number of aromatic nitrogens is 3. The average Bonchev–Trinajstić information content (AvgIpc) is 3.16. The molecule has 0 atom stereocenters. The molecule has 0 aliphatic heterocycles. The van der Waals surface area contributed by atoms with Crippen LogP contribution in [0, 0.1) is 13.8 Å². The van der Waals surface area contributed by atoms with Gasteiger partial charge in [0.2, 0.25) is 0 Å². The van der Waals surface area contributed by atoms with Gasteiger partial charge in [0.05, 0.1) is 18.3 Å². The van der Waals surface area contributed by atoms with Gasteiger partial charge in [-0.3, -0.25) is 14.8 Å². The molecule has 0 aliphatic carbocycles. The number of nitrogens with zero attached hydrogens (tertiary/aromatic N) is 3. The van der Waals surface area contributed by atoms with Crippen LogP contribution in [0.4, 0.5) is 10.6 Å². The monoisotopic (exact) mass is 427 g/mol. The molecule has 30 heavy (non-hydrogen) atoms. The molecule has 0 radical (unpaired) electrons. The lowest BCUT2D eigenvalue weighted by molar-refractivity contribution is 0.0950. The number of nitrogens with one attached hydrogen (secondary N) is 2. The zero-order valence-electron chi connectivity index (χ0n) is 16.6. The van der Waals surface area contributed by atoms with E-state index >= 15 is 0 Å². The summed E-state index contributed by atoms with van der Waals surface area (Å²) in [5.74, 6) is 0.484. The lowest BCUT2D eigenvalue weighted by atomic mass is 10.1. The molecule has 2 heterocycles. The molecule has 156 valence electrons. The smallest absolute Gasteiger partial charge is 0.410 e. The first-order valence-electron chi connectivity index (χ1n) is 9.27. The topological polar surface area (TPSA) is 109 Å². The van der Waals surface area contributed by atoms with Crippen LogP contribution in [0.15, 0.2) is 42.7 Å². The van der Waals surface area contributed by atoms with Crippen LogP contribution in [0.2, 0.25) is 0 Å². The Bertz CT molecular complexity index is 1040. The van der Waals surface area contributed by atoms with E-state index in [9.17, 15) is 9.59 Å². The number of carbonyl (C=O) groups is 2. The Balaban J connectivity index is 1.62. The van der Waals surface area contributed by atoms with Gasteiger partial charge in [0.15, 0.2) is 0 Å². The van der Waals surface area contributed by atoms with Crippen molar-refractivity contribution in [3.63, 3.8) is 0 Å². The summed E-state index contributed by atoms with van der Waals surface area (Å²) in [6, 6.07) is 9.54. The number of halogens is 1. The maximum atomic E-state index is 12.5. The third-order valence-electron chi connectivity index (χ3n) is 4.63. The summed E-state index contributed by atoms with van der Waals surface area (Å²) in [7, 11) is 0. The lowest BCUT2D eigenvalue weighted by Crippen LogP contribution is -2.24. The van der Waals surface area contributed by atoms with E-state index in [-0.39, 0.29) is 18.3 Å². The second-order valence-corrected chi connectivity index (χ2v) is 7.15. The molecule has 3 N–H and O–H groups in total. The molecule has 0 unspecified atom stereocenters. The van der Waals surface area contributed by atoms with Gasteiger partial charge >= 0.3 is 6.09 Å². The van der Waals surface area contributed by atoms with E-state index in [0.717, 1.165) is 22.3 Å². The van der Waals surface area contributed by atoms with Gasteiger partial charge in [-0.25, -0.2) is 9.78 Å². The van der Waals surface area contributed by atoms with Gasteiger partial charge in [-0.15, -0.1) is 11.6 Å². The van der Waals surface area contributed by atoms with Crippen molar-refractivity contribution in [1.82, 2.24) is 20.1 Å². The molecule has 0 fully saturated rings. The third kappa shape index (κ3) is 5.36. The summed E-state index contributed by atoms with van der Waals surface area (Å²) in [4.78, 5) is 27.5. The molecule has 0 aliphatic rings. The predicted molar refractivity (Wildman–Crippen MR) is 114 cm³/mol. The summed E-state index contributed by atoms with van der Waals surface area (Å²) in [6.07, 6.45) is 2.05. The molecule has 1 aromatic carbocycles. The summed E-state index contributed by atoms with van der Waals surface area (Å²) < 4.78 is 1.70. The second kappa shape index (κ2) is 9.41. The average molecular weight is 428 g/mol.